The number of rotatable bonds is 3. The first-order valence-electron chi connectivity index (χ1n) is 14.3. The molecule has 1 unspecified atom stereocenters. The van der Waals surface area contributed by atoms with Crippen molar-refractivity contribution in [3.63, 3.8) is 0 Å². The number of nitrogens with zero attached hydrogens (tertiary/aromatic N) is 1. The van der Waals surface area contributed by atoms with Gasteiger partial charge in [0.2, 0.25) is 0 Å². The zero-order valence-electron chi connectivity index (χ0n) is 24.4. The van der Waals surface area contributed by atoms with E-state index in [4.69, 9.17) is 5.11 Å². The number of hydrogen-bond donors (Lipinski definition) is 1. The Morgan fingerprint density at radius 2 is 1.58 bits per heavy atom. The van der Waals surface area contributed by atoms with Crippen molar-refractivity contribution in [1.82, 2.24) is 4.98 Å². The fourth-order valence-electron chi connectivity index (χ4n) is 6.60. The van der Waals surface area contributed by atoms with Crippen LogP contribution in [0.1, 0.15) is 53.2 Å². The average Bonchev–Trinajstić information content (AvgIpc) is 3.00. The molecule has 0 amide bonds. The van der Waals surface area contributed by atoms with Gasteiger partial charge in [0.1, 0.15) is 0 Å². The fraction of sp³-hybridized carbons (Fsp3) is 0.189. The molecule has 43 heavy (non-hydrogen) atoms. The number of hydrogen-bond acceptors (Lipinski definition) is 4. The lowest BCUT2D eigenvalue weighted by atomic mass is 9.65. The standard InChI is InChI=1S/C27H26O2S.C10H7NO2/c1-27(2)17-21(19-8-6-9-22(16-19)30(3,28)29)15-20-12-13-24-23-10-5-4-7-18(23)11-14-25(24)26(20)27;12-10(13)8-3-4-9-7(6-8)2-1-5-11-9/h4-14,16,21H,15,17H2,1-3H3;1-6H,(H,12,13). The summed E-state index contributed by atoms with van der Waals surface area (Å²) in [6.45, 7) is 4.65. The van der Waals surface area contributed by atoms with Crippen molar-refractivity contribution in [3.05, 3.63) is 132 Å². The van der Waals surface area contributed by atoms with Gasteiger partial charge in [-0.25, -0.2) is 13.2 Å². The van der Waals surface area contributed by atoms with E-state index >= 15 is 0 Å². The van der Waals surface area contributed by atoms with Gasteiger partial charge >= 0.3 is 5.97 Å². The normalized spacial score (nSPS) is 15.9. The first-order chi connectivity index (χ1) is 20.5. The summed E-state index contributed by atoms with van der Waals surface area (Å²) < 4.78 is 24.1. The number of carboxylic acids is 1. The number of carbonyl (C=O) groups is 1. The average molecular weight is 588 g/mol. The second kappa shape index (κ2) is 10.9. The van der Waals surface area contributed by atoms with Crippen LogP contribution in [-0.2, 0) is 21.7 Å². The van der Waals surface area contributed by atoms with E-state index < -0.39 is 15.8 Å². The highest BCUT2D eigenvalue weighted by Crippen LogP contribution is 2.47. The Balaban J connectivity index is 0.000000211. The predicted octanol–water partition coefficient (Wildman–Crippen LogP) is 8.34. The molecule has 0 bridgehead atoms. The van der Waals surface area contributed by atoms with Crippen molar-refractivity contribution in [2.45, 2.75) is 42.9 Å². The number of fused-ring (bicyclic) bond motifs is 6. The maximum Gasteiger partial charge on any atom is 0.335 e. The third kappa shape index (κ3) is 5.63. The van der Waals surface area contributed by atoms with Gasteiger partial charge in [-0.05, 0) is 98.8 Å². The van der Waals surface area contributed by atoms with Crippen molar-refractivity contribution in [2.75, 3.05) is 6.26 Å². The number of carboxylic acid groups (broad SMARTS) is 1. The van der Waals surface area contributed by atoms with E-state index in [1.807, 2.05) is 18.2 Å². The summed E-state index contributed by atoms with van der Waals surface area (Å²) in [4.78, 5) is 15.1. The highest BCUT2D eigenvalue weighted by Gasteiger charge is 2.35. The van der Waals surface area contributed by atoms with Gasteiger partial charge in [-0.3, -0.25) is 4.98 Å². The maximum atomic E-state index is 12.0. The molecule has 1 heterocycles. The molecule has 7 rings (SSSR count). The minimum absolute atomic E-state index is 0.00130. The first kappa shape index (κ1) is 28.6. The molecular weight excluding hydrogens is 554 g/mol. The minimum atomic E-state index is -3.20. The second-order valence-electron chi connectivity index (χ2n) is 12.0. The van der Waals surface area contributed by atoms with Gasteiger partial charge in [0.25, 0.3) is 0 Å². The van der Waals surface area contributed by atoms with E-state index in [0.29, 0.717) is 16.4 Å². The lowest BCUT2D eigenvalue weighted by Gasteiger charge is -2.39. The Bertz CT molecular complexity index is 2130. The van der Waals surface area contributed by atoms with E-state index in [1.54, 1.807) is 36.5 Å². The molecule has 0 radical (unpaired) electrons. The van der Waals surface area contributed by atoms with Gasteiger partial charge in [0.15, 0.2) is 9.84 Å². The van der Waals surface area contributed by atoms with Gasteiger partial charge in [0, 0.05) is 17.8 Å². The van der Waals surface area contributed by atoms with Crippen molar-refractivity contribution >= 4 is 48.3 Å². The molecule has 1 aliphatic rings. The summed E-state index contributed by atoms with van der Waals surface area (Å²) in [5, 5.41) is 14.8. The molecule has 6 aromatic rings. The zero-order valence-corrected chi connectivity index (χ0v) is 25.2. The third-order valence-electron chi connectivity index (χ3n) is 8.52. The number of benzene rings is 5. The van der Waals surface area contributed by atoms with Crippen molar-refractivity contribution < 1.29 is 18.3 Å². The molecule has 1 atom stereocenters. The molecule has 5 nitrogen and oxygen atoms in total. The quantitative estimate of drug-likeness (QED) is 0.210. The molecule has 1 N–H and O–H groups in total. The number of aromatic nitrogens is 1. The molecule has 5 aromatic carbocycles. The topological polar surface area (TPSA) is 84.3 Å². The number of aromatic carboxylic acids is 1. The van der Waals surface area contributed by atoms with Crippen LogP contribution in [0.15, 0.2) is 114 Å². The molecule has 0 saturated heterocycles. The van der Waals surface area contributed by atoms with E-state index in [-0.39, 0.29) is 5.41 Å². The lowest BCUT2D eigenvalue weighted by Crippen LogP contribution is -2.29. The summed E-state index contributed by atoms with van der Waals surface area (Å²) in [5.74, 6) is -0.599. The Kier molecular flexibility index (Phi) is 7.26. The van der Waals surface area contributed by atoms with Gasteiger partial charge in [-0.2, -0.15) is 0 Å². The largest absolute Gasteiger partial charge is 0.478 e. The summed E-state index contributed by atoms with van der Waals surface area (Å²) in [5.41, 5.74) is 5.05. The van der Waals surface area contributed by atoms with E-state index in [9.17, 15) is 13.2 Å². The van der Waals surface area contributed by atoms with Crippen LogP contribution < -0.4 is 0 Å². The van der Waals surface area contributed by atoms with Crippen LogP contribution in [0.5, 0.6) is 0 Å². The van der Waals surface area contributed by atoms with Crippen molar-refractivity contribution in [1.29, 1.82) is 0 Å². The van der Waals surface area contributed by atoms with Crippen molar-refractivity contribution in [3.8, 4) is 0 Å². The van der Waals surface area contributed by atoms with Crippen LogP contribution in [0, 0.1) is 0 Å². The smallest absolute Gasteiger partial charge is 0.335 e. The highest BCUT2D eigenvalue weighted by molar-refractivity contribution is 7.90. The van der Waals surface area contributed by atoms with E-state index in [0.717, 1.165) is 29.3 Å². The number of sulfone groups is 1. The zero-order chi connectivity index (χ0) is 30.4. The molecule has 0 aliphatic heterocycles. The van der Waals surface area contributed by atoms with Crippen LogP contribution in [-0.4, -0.2) is 30.7 Å². The van der Waals surface area contributed by atoms with E-state index in [2.05, 4.69) is 73.4 Å². The van der Waals surface area contributed by atoms with Crippen LogP contribution in [0.3, 0.4) is 0 Å². The van der Waals surface area contributed by atoms with Gasteiger partial charge < -0.3 is 5.11 Å². The highest BCUT2D eigenvalue weighted by atomic mass is 32.2. The van der Waals surface area contributed by atoms with Crippen LogP contribution in [0.2, 0.25) is 0 Å². The molecule has 0 saturated carbocycles. The third-order valence-corrected chi connectivity index (χ3v) is 9.63. The molecule has 1 aromatic heterocycles. The van der Waals surface area contributed by atoms with Gasteiger partial charge in [-0.1, -0.05) is 80.6 Å². The summed E-state index contributed by atoms with van der Waals surface area (Å²) in [6.07, 6.45) is 4.90. The van der Waals surface area contributed by atoms with Gasteiger partial charge in [-0.15, -0.1) is 0 Å². The Hall–Kier alpha value is -4.55. The summed E-state index contributed by atoms with van der Waals surface area (Å²) >= 11 is 0. The second-order valence-corrected chi connectivity index (χ2v) is 14.0. The molecular formula is C37H33NO4S. The SMILES string of the molecule is CC1(C)CC(c2cccc(S(C)(=O)=O)c2)Cc2ccc3c(ccc4ccccc43)c21.O=C(O)c1ccc2ncccc2c1. The molecule has 6 heteroatoms. The Labute approximate surface area is 251 Å². The monoisotopic (exact) mass is 587 g/mol. The molecule has 0 fully saturated rings. The molecule has 216 valence electrons. The summed E-state index contributed by atoms with van der Waals surface area (Å²) in [7, 11) is -3.20. The minimum Gasteiger partial charge on any atom is -0.478 e. The van der Waals surface area contributed by atoms with E-state index in [1.165, 1.54) is 38.9 Å². The maximum absolute atomic E-state index is 12.0. The molecule has 0 spiro atoms. The Morgan fingerprint density at radius 1 is 0.814 bits per heavy atom. The first-order valence-corrected chi connectivity index (χ1v) is 16.2. The summed E-state index contributed by atoms with van der Waals surface area (Å²) in [6, 6.07) is 33.7. The lowest BCUT2D eigenvalue weighted by molar-refractivity contribution is 0.0697. The fourth-order valence-corrected chi connectivity index (χ4v) is 7.28. The van der Waals surface area contributed by atoms with Crippen LogP contribution >= 0.6 is 0 Å². The van der Waals surface area contributed by atoms with Crippen LogP contribution in [0.25, 0.3) is 32.4 Å². The predicted molar refractivity (Wildman–Crippen MR) is 174 cm³/mol. The van der Waals surface area contributed by atoms with Crippen LogP contribution in [0.4, 0.5) is 0 Å². The number of pyridine rings is 1. The molecule has 1 aliphatic carbocycles. The van der Waals surface area contributed by atoms with Crippen molar-refractivity contribution in [2.24, 2.45) is 0 Å². The Morgan fingerprint density at radius 3 is 2.37 bits per heavy atom. The van der Waals surface area contributed by atoms with Gasteiger partial charge in [0.05, 0.1) is 16.0 Å².